The summed E-state index contributed by atoms with van der Waals surface area (Å²) in [6.07, 6.45) is 8.09. The Hall–Kier alpha value is -3.79. The summed E-state index contributed by atoms with van der Waals surface area (Å²) in [5, 5.41) is 8.26. The molecular weight excluding hydrogens is 537 g/mol. The fourth-order valence-corrected chi connectivity index (χ4v) is 5.63. The number of nitrogens with one attached hydrogen (secondary N) is 2. The lowest BCUT2D eigenvalue weighted by molar-refractivity contribution is -0.135. The van der Waals surface area contributed by atoms with E-state index in [9.17, 15) is 22.5 Å². The number of allylic oxidation sites excluding steroid dienone is 1. The highest BCUT2D eigenvalue weighted by atomic mass is 32.2. The highest BCUT2D eigenvalue weighted by molar-refractivity contribution is 7.89. The van der Waals surface area contributed by atoms with Gasteiger partial charge in [-0.2, -0.15) is 9.25 Å². The molecule has 40 heavy (non-hydrogen) atoms. The van der Waals surface area contributed by atoms with E-state index in [1.165, 1.54) is 4.90 Å². The van der Waals surface area contributed by atoms with E-state index in [1.807, 2.05) is 19.9 Å². The summed E-state index contributed by atoms with van der Waals surface area (Å²) >= 11 is 0. The van der Waals surface area contributed by atoms with Gasteiger partial charge in [-0.15, -0.1) is 6.42 Å². The SMILES string of the molecule is C#CCN(C)C(=N)c1ccc(CN2C(=O)CN(S(=O)(=O)c3cc(C=C(C)C)c(C)[nH]3)CCC2C=O)cc1.COF. The average Bonchev–Trinajstić information content (AvgIpc) is 3.19. The van der Waals surface area contributed by atoms with E-state index in [2.05, 4.69) is 15.8 Å². The molecule has 216 valence electrons. The van der Waals surface area contributed by atoms with E-state index >= 15 is 0 Å². The number of carbonyl (C=O) groups is 2. The second-order valence-electron chi connectivity index (χ2n) is 9.55. The molecule has 1 saturated heterocycles. The van der Waals surface area contributed by atoms with Gasteiger partial charge in [-0.05, 0) is 48.9 Å². The Morgan fingerprint density at radius 1 is 1.32 bits per heavy atom. The molecule has 0 bridgehead atoms. The predicted octanol–water partition coefficient (Wildman–Crippen LogP) is 3.14. The Balaban J connectivity index is 0.00000178. The first-order valence-corrected chi connectivity index (χ1v) is 13.9. The summed E-state index contributed by atoms with van der Waals surface area (Å²) in [7, 11) is -1.28. The minimum absolute atomic E-state index is 0.0224. The molecule has 0 radical (unpaired) electrons. The number of hydrogen-bond acceptors (Lipinski definition) is 6. The Labute approximate surface area is 235 Å². The van der Waals surface area contributed by atoms with Gasteiger partial charge in [0.1, 0.15) is 17.1 Å². The van der Waals surface area contributed by atoms with Gasteiger partial charge in [0.15, 0.2) is 0 Å². The van der Waals surface area contributed by atoms with Gasteiger partial charge in [0.05, 0.1) is 26.2 Å². The highest BCUT2D eigenvalue weighted by Gasteiger charge is 2.36. The van der Waals surface area contributed by atoms with Crippen LogP contribution in [0.3, 0.4) is 0 Å². The molecule has 0 aliphatic carbocycles. The molecule has 10 nitrogen and oxygen atoms in total. The van der Waals surface area contributed by atoms with Crippen LogP contribution < -0.4 is 0 Å². The molecule has 1 aliphatic rings. The predicted molar refractivity (Wildman–Crippen MR) is 151 cm³/mol. The van der Waals surface area contributed by atoms with E-state index in [-0.39, 0.29) is 36.9 Å². The minimum Gasteiger partial charge on any atom is -0.349 e. The molecule has 1 aliphatic heterocycles. The Kier molecular flexibility index (Phi) is 11.8. The Bertz CT molecular complexity index is 1370. The van der Waals surface area contributed by atoms with Crippen molar-refractivity contribution in [2.45, 2.75) is 44.8 Å². The molecule has 1 atom stereocenters. The number of carbonyl (C=O) groups excluding carboxylic acids is 2. The fourth-order valence-electron chi connectivity index (χ4n) is 4.17. The lowest BCUT2D eigenvalue weighted by Crippen LogP contribution is -2.42. The molecule has 2 N–H and O–H groups in total. The number of terminal acetylenes is 1. The van der Waals surface area contributed by atoms with Gasteiger partial charge in [0.2, 0.25) is 5.91 Å². The first-order chi connectivity index (χ1) is 18.9. The summed E-state index contributed by atoms with van der Waals surface area (Å²) < 4.78 is 37.7. The smallest absolute Gasteiger partial charge is 0.258 e. The van der Waals surface area contributed by atoms with Gasteiger partial charge in [0.25, 0.3) is 10.0 Å². The van der Waals surface area contributed by atoms with Gasteiger partial charge < -0.3 is 19.6 Å². The third kappa shape index (κ3) is 8.11. The lowest BCUT2D eigenvalue weighted by atomic mass is 10.1. The van der Waals surface area contributed by atoms with Gasteiger partial charge in [0, 0.05) is 31.4 Å². The van der Waals surface area contributed by atoms with Crippen LogP contribution in [-0.2, 0) is 31.1 Å². The Morgan fingerprint density at radius 2 is 1.95 bits per heavy atom. The van der Waals surface area contributed by atoms with Crippen LogP contribution in [0.1, 0.15) is 42.7 Å². The molecule has 2 aromatic rings. The summed E-state index contributed by atoms with van der Waals surface area (Å²) in [4.78, 5) is 33.8. The number of aromatic amines is 1. The summed E-state index contributed by atoms with van der Waals surface area (Å²) in [5.41, 5.74) is 3.95. The normalized spacial score (nSPS) is 15.8. The summed E-state index contributed by atoms with van der Waals surface area (Å²) in [6.45, 7) is 5.79. The number of H-pyrrole nitrogens is 1. The molecule has 0 spiro atoms. The molecule has 1 aromatic carbocycles. The molecular formula is C28H36FN5O5S. The van der Waals surface area contributed by atoms with Gasteiger partial charge in [-0.1, -0.05) is 41.8 Å². The van der Waals surface area contributed by atoms with Crippen LogP contribution in [0.2, 0.25) is 0 Å². The number of aldehydes is 1. The van der Waals surface area contributed by atoms with E-state index in [0.29, 0.717) is 18.4 Å². The maximum atomic E-state index is 13.4. The van der Waals surface area contributed by atoms with E-state index in [4.69, 9.17) is 11.8 Å². The van der Waals surface area contributed by atoms with Crippen LogP contribution in [0.4, 0.5) is 4.53 Å². The van der Waals surface area contributed by atoms with Crippen molar-refractivity contribution in [2.24, 2.45) is 0 Å². The van der Waals surface area contributed by atoms with Crippen LogP contribution in [0.15, 0.2) is 40.9 Å². The first kappa shape index (κ1) is 32.4. The van der Waals surface area contributed by atoms with E-state index in [1.54, 1.807) is 49.2 Å². The number of rotatable bonds is 8. The average molecular weight is 574 g/mol. The number of amidine groups is 1. The third-order valence-corrected chi connectivity index (χ3v) is 8.01. The van der Waals surface area contributed by atoms with Gasteiger partial charge in [-0.25, -0.2) is 8.42 Å². The molecule has 1 aromatic heterocycles. The third-order valence-electron chi connectivity index (χ3n) is 6.25. The van der Waals surface area contributed by atoms with Gasteiger partial charge in [-0.3, -0.25) is 10.2 Å². The van der Waals surface area contributed by atoms with Crippen LogP contribution in [0.25, 0.3) is 6.08 Å². The number of sulfonamides is 1. The summed E-state index contributed by atoms with van der Waals surface area (Å²) in [5.74, 6) is 2.32. The highest BCUT2D eigenvalue weighted by Crippen LogP contribution is 2.24. The number of halogens is 1. The zero-order chi connectivity index (χ0) is 30.0. The largest absolute Gasteiger partial charge is 0.349 e. The van der Waals surface area contributed by atoms with Crippen molar-refractivity contribution < 1.29 is 27.5 Å². The van der Waals surface area contributed by atoms with E-state index < -0.39 is 22.0 Å². The minimum atomic E-state index is -3.97. The van der Waals surface area contributed by atoms with Crippen molar-refractivity contribution in [1.29, 1.82) is 5.41 Å². The number of benzene rings is 1. The number of aryl methyl sites for hydroxylation is 1. The van der Waals surface area contributed by atoms with Gasteiger partial charge >= 0.3 is 0 Å². The molecule has 12 heteroatoms. The maximum Gasteiger partial charge on any atom is 0.258 e. The molecule has 1 amide bonds. The van der Waals surface area contributed by atoms with Crippen LogP contribution in [-0.4, -0.2) is 85.4 Å². The Morgan fingerprint density at radius 3 is 2.50 bits per heavy atom. The van der Waals surface area contributed by atoms with Crippen LogP contribution in [0, 0.1) is 24.7 Å². The summed E-state index contributed by atoms with van der Waals surface area (Å²) in [6, 6.07) is 7.92. The monoisotopic (exact) mass is 573 g/mol. The molecule has 0 saturated carbocycles. The second kappa shape index (κ2) is 14.6. The number of aromatic nitrogens is 1. The number of amides is 1. The molecule has 1 unspecified atom stereocenters. The number of nitrogens with zero attached hydrogens (tertiary/aromatic N) is 3. The van der Waals surface area contributed by atoms with Crippen molar-refractivity contribution in [3.8, 4) is 12.3 Å². The molecule has 1 fully saturated rings. The quantitative estimate of drug-likeness (QED) is 0.216. The first-order valence-electron chi connectivity index (χ1n) is 12.5. The zero-order valence-corrected chi connectivity index (χ0v) is 24.2. The van der Waals surface area contributed by atoms with Crippen molar-refractivity contribution in [3.05, 3.63) is 58.3 Å². The lowest BCUT2D eigenvalue weighted by Gasteiger charge is -2.26. The molecule has 3 rings (SSSR count). The van der Waals surface area contributed by atoms with Crippen molar-refractivity contribution >= 4 is 34.1 Å². The zero-order valence-electron chi connectivity index (χ0n) is 23.4. The van der Waals surface area contributed by atoms with Crippen LogP contribution in [0.5, 0.6) is 0 Å². The topological polar surface area (TPSA) is 127 Å². The molecule has 2 heterocycles. The van der Waals surface area contributed by atoms with E-state index in [0.717, 1.165) is 33.8 Å². The number of hydrogen-bond donors (Lipinski definition) is 2. The van der Waals surface area contributed by atoms with Crippen molar-refractivity contribution in [1.82, 2.24) is 19.1 Å². The second-order valence-corrected chi connectivity index (χ2v) is 11.5. The maximum absolute atomic E-state index is 13.4. The van der Waals surface area contributed by atoms with Crippen LogP contribution >= 0.6 is 0 Å². The standard InChI is InChI=1S/C27H33N5O4S.CH3FO/c1-6-12-30(5)27(28)22-9-7-21(8-10-22)16-32-24(18-33)11-13-31(17-26(32)34)37(35,36)25-15-23(14-19(2)3)20(4)29-25;1-3-2/h1,7-10,14-15,18,24,28-29H,11-13,16-17H2,2-5H3;1H3. The van der Waals surface area contributed by atoms with Crippen molar-refractivity contribution in [2.75, 3.05) is 33.8 Å². The van der Waals surface area contributed by atoms with Crippen molar-refractivity contribution in [3.63, 3.8) is 0 Å². The fraction of sp³-hybridized carbons (Fsp3) is 0.393.